The van der Waals surface area contributed by atoms with Gasteiger partial charge in [-0.25, -0.2) is 4.98 Å². The monoisotopic (exact) mass is 263 g/mol. The molecule has 0 aliphatic rings. The van der Waals surface area contributed by atoms with Gasteiger partial charge in [0.15, 0.2) is 0 Å². The molecule has 0 amide bonds. The predicted molar refractivity (Wildman–Crippen MR) is 49.1 cm³/mol. The van der Waals surface area contributed by atoms with Crippen molar-refractivity contribution in [2.24, 2.45) is 0 Å². The summed E-state index contributed by atoms with van der Waals surface area (Å²) in [6, 6.07) is 3.34. The van der Waals surface area contributed by atoms with Crippen molar-refractivity contribution < 1.29 is 9.53 Å². The van der Waals surface area contributed by atoms with Gasteiger partial charge in [0.05, 0.1) is 7.11 Å². The third-order valence-corrected chi connectivity index (χ3v) is 1.80. The first-order chi connectivity index (χ1) is 5.24. The molecule has 1 rings (SSSR count). The van der Waals surface area contributed by atoms with Crippen LogP contribution in [-0.2, 0) is 0 Å². The summed E-state index contributed by atoms with van der Waals surface area (Å²) in [6.07, 6.45) is 1.49. The molecule has 4 heteroatoms. The number of rotatable bonds is 2. The number of hydrogen-bond donors (Lipinski definition) is 0. The van der Waals surface area contributed by atoms with Crippen molar-refractivity contribution in [1.29, 1.82) is 0 Å². The van der Waals surface area contributed by atoms with Crippen LogP contribution in [-0.4, -0.2) is 15.9 Å². The minimum Gasteiger partial charge on any atom is -0.481 e. The molecular weight excluding hydrogens is 257 g/mol. The van der Waals surface area contributed by atoms with Gasteiger partial charge in [0.1, 0.15) is 0 Å². The number of pyridine rings is 1. The highest BCUT2D eigenvalue weighted by Crippen LogP contribution is 2.09. The number of hydrogen-bond acceptors (Lipinski definition) is 3. The van der Waals surface area contributed by atoms with Crippen LogP contribution in [0.15, 0.2) is 18.3 Å². The van der Waals surface area contributed by atoms with Crippen LogP contribution in [0.5, 0.6) is 5.88 Å². The van der Waals surface area contributed by atoms with Crippen LogP contribution >= 0.6 is 22.6 Å². The molecule has 58 valence electrons. The van der Waals surface area contributed by atoms with E-state index in [0.29, 0.717) is 11.4 Å². The summed E-state index contributed by atoms with van der Waals surface area (Å²) in [4.78, 5) is 14.6. The molecule has 1 aromatic rings. The zero-order chi connectivity index (χ0) is 8.27. The Balaban J connectivity index is 2.91. The van der Waals surface area contributed by atoms with Gasteiger partial charge in [0, 0.05) is 40.4 Å². The molecule has 0 atom stereocenters. The summed E-state index contributed by atoms with van der Waals surface area (Å²) in [7, 11) is 1.54. The molecule has 0 saturated heterocycles. The number of nitrogens with zero attached hydrogens (tertiary/aromatic N) is 1. The summed E-state index contributed by atoms with van der Waals surface area (Å²) in [5.41, 5.74) is 0.589. The van der Waals surface area contributed by atoms with Crippen molar-refractivity contribution in [3.8, 4) is 5.88 Å². The molecule has 1 heterocycles. The molecule has 0 spiro atoms. The molecule has 11 heavy (non-hydrogen) atoms. The van der Waals surface area contributed by atoms with Crippen molar-refractivity contribution in [3.63, 3.8) is 0 Å². The second kappa shape index (κ2) is 3.66. The summed E-state index contributed by atoms with van der Waals surface area (Å²) in [6.45, 7) is 0. The van der Waals surface area contributed by atoms with Crippen LogP contribution in [0.3, 0.4) is 0 Å². The van der Waals surface area contributed by atoms with Crippen LogP contribution < -0.4 is 4.74 Å². The fourth-order valence-electron chi connectivity index (χ4n) is 0.617. The summed E-state index contributed by atoms with van der Waals surface area (Å²) in [5, 5.41) is 0. The number of carbonyl (C=O) groups excluding carboxylic acids is 1. The van der Waals surface area contributed by atoms with Gasteiger partial charge in [0.2, 0.25) is 9.67 Å². The molecule has 0 radical (unpaired) electrons. The van der Waals surface area contributed by atoms with E-state index in [2.05, 4.69) is 4.98 Å². The van der Waals surface area contributed by atoms with Crippen molar-refractivity contribution in [2.75, 3.05) is 7.11 Å². The zero-order valence-corrected chi connectivity index (χ0v) is 8.03. The van der Waals surface area contributed by atoms with Gasteiger partial charge >= 0.3 is 0 Å². The summed E-state index contributed by atoms with van der Waals surface area (Å²) < 4.78 is 4.81. The van der Waals surface area contributed by atoms with E-state index in [4.69, 9.17) is 4.74 Å². The fraction of sp³-hybridized carbons (Fsp3) is 0.143. The SMILES string of the molecule is COc1ccc(C(=O)I)cn1. The smallest absolute Gasteiger partial charge is 0.223 e. The van der Waals surface area contributed by atoms with Crippen molar-refractivity contribution in [2.45, 2.75) is 0 Å². The first-order valence-electron chi connectivity index (χ1n) is 2.94. The maximum Gasteiger partial charge on any atom is 0.223 e. The molecule has 3 nitrogen and oxygen atoms in total. The van der Waals surface area contributed by atoms with Crippen molar-refractivity contribution >= 4 is 26.4 Å². The number of halogens is 1. The van der Waals surface area contributed by atoms with E-state index in [0.717, 1.165) is 0 Å². The van der Waals surface area contributed by atoms with Crippen LogP contribution in [0.2, 0.25) is 0 Å². The maximum absolute atomic E-state index is 10.8. The van der Waals surface area contributed by atoms with Gasteiger partial charge in [0.25, 0.3) is 0 Å². The van der Waals surface area contributed by atoms with Gasteiger partial charge in [-0.05, 0) is 6.07 Å². The quantitative estimate of drug-likeness (QED) is 0.601. The lowest BCUT2D eigenvalue weighted by Gasteiger charge is -1.97. The summed E-state index contributed by atoms with van der Waals surface area (Å²) >= 11 is 1.71. The van der Waals surface area contributed by atoms with Crippen molar-refractivity contribution in [3.05, 3.63) is 23.9 Å². The normalized spacial score (nSPS) is 9.27. The highest BCUT2D eigenvalue weighted by Gasteiger charge is 2.00. The second-order valence-corrected chi connectivity index (χ2v) is 2.84. The molecule has 1 aromatic heterocycles. The lowest BCUT2D eigenvalue weighted by atomic mass is 10.3. The van der Waals surface area contributed by atoms with E-state index in [-0.39, 0.29) is 3.79 Å². The summed E-state index contributed by atoms with van der Waals surface area (Å²) in [5.74, 6) is 0.520. The van der Waals surface area contributed by atoms with Gasteiger partial charge in [-0.15, -0.1) is 0 Å². The fourth-order valence-corrected chi connectivity index (χ4v) is 0.936. The zero-order valence-electron chi connectivity index (χ0n) is 5.87. The van der Waals surface area contributed by atoms with Crippen LogP contribution in [0.1, 0.15) is 10.4 Å². The van der Waals surface area contributed by atoms with E-state index in [1.54, 1.807) is 34.7 Å². The highest BCUT2D eigenvalue weighted by atomic mass is 127. The number of aromatic nitrogens is 1. The molecule has 0 unspecified atom stereocenters. The van der Waals surface area contributed by atoms with Gasteiger partial charge in [-0.3, -0.25) is 4.79 Å². The second-order valence-electron chi connectivity index (χ2n) is 1.86. The highest BCUT2D eigenvalue weighted by molar-refractivity contribution is 14.1. The average Bonchev–Trinajstić information content (AvgIpc) is 2.05. The molecular formula is C7H6INO2. The number of carbonyl (C=O) groups is 1. The van der Waals surface area contributed by atoms with Crippen LogP contribution in [0, 0.1) is 0 Å². The van der Waals surface area contributed by atoms with E-state index in [1.807, 2.05) is 0 Å². The lowest BCUT2D eigenvalue weighted by molar-refractivity contribution is 0.110. The van der Waals surface area contributed by atoms with Gasteiger partial charge in [-0.2, -0.15) is 0 Å². The molecule has 0 saturated carbocycles. The van der Waals surface area contributed by atoms with E-state index < -0.39 is 0 Å². The molecule has 0 aliphatic carbocycles. The topological polar surface area (TPSA) is 39.2 Å². The van der Waals surface area contributed by atoms with Crippen LogP contribution in [0.25, 0.3) is 0 Å². The molecule has 0 fully saturated rings. The molecule has 0 aliphatic heterocycles. The largest absolute Gasteiger partial charge is 0.481 e. The Morgan fingerprint density at radius 3 is 2.73 bits per heavy atom. The minimum absolute atomic E-state index is 0.0160. The third kappa shape index (κ3) is 2.14. The lowest BCUT2D eigenvalue weighted by Crippen LogP contribution is -1.91. The molecule has 0 aromatic carbocycles. The Bertz CT molecular complexity index is 258. The van der Waals surface area contributed by atoms with E-state index >= 15 is 0 Å². The Morgan fingerprint density at radius 2 is 2.36 bits per heavy atom. The van der Waals surface area contributed by atoms with Gasteiger partial charge < -0.3 is 4.74 Å². The maximum atomic E-state index is 10.8. The minimum atomic E-state index is -0.0160. The number of methoxy groups -OCH3 is 1. The Morgan fingerprint density at radius 1 is 1.64 bits per heavy atom. The Kier molecular flexibility index (Phi) is 2.81. The van der Waals surface area contributed by atoms with E-state index in [9.17, 15) is 4.79 Å². The van der Waals surface area contributed by atoms with E-state index in [1.165, 1.54) is 13.3 Å². The Hall–Kier alpha value is -0.650. The van der Waals surface area contributed by atoms with Gasteiger partial charge in [-0.1, -0.05) is 0 Å². The molecule has 0 N–H and O–H groups in total. The standard InChI is InChI=1S/C7H6INO2/c1-11-6-3-2-5(4-9-6)7(8)10/h2-4H,1H3. The number of ether oxygens (including phenoxy) is 1. The average molecular weight is 263 g/mol. The predicted octanol–water partition coefficient (Wildman–Crippen LogP) is 1.67. The first kappa shape index (κ1) is 8.45. The molecule has 0 bridgehead atoms. The first-order valence-corrected chi connectivity index (χ1v) is 4.02. The van der Waals surface area contributed by atoms with Crippen molar-refractivity contribution in [1.82, 2.24) is 4.98 Å². The Labute approximate surface area is 77.9 Å². The van der Waals surface area contributed by atoms with Crippen LogP contribution in [0.4, 0.5) is 0 Å². The third-order valence-electron chi connectivity index (χ3n) is 1.17.